The molecule has 1 heterocycles. The Hall–Kier alpha value is -3.21. The number of nitrogens with zero attached hydrogens (tertiary/aromatic N) is 2. The Morgan fingerprint density at radius 1 is 0.958 bits per heavy atom. The summed E-state index contributed by atoms with van der Waals surface area (Å²) in [6, 6.07) is 21.1. The number of hydrogen-bond donors (Lipinski definition) is 2. The highest BCUT2D eigenvalue weighted by Gasteiger charge is 2.10. The van der Waals surface area contributed by atoms with E-state index in [-0.39, 0.29) is 5.91 Å². The number of aryl methyl sites for hydroxylation is 1. The lowest BCUT2D eigenvalue weighted by Crippen LogP contribution is -2.24. The van der Waals surface area contributed by atoms with Crippen LogP contribution in [0, 0.1) is 6.92 Å². The van der Waals surface area contributed by atoms with Gasteiger partial charge in [-0.15, -0.1) is 0 Å². The minimum absolute atomic E-state index is 0.222. The molecule has 0 aliphatic rings. The quantitative estimate of drug-likeness (QED) is 0.756. The molecule has 0 saturated carbocycles. The van der Waals surface area contributed by atoms with E-state index in [2.05, 4.69) is 20.6 Å². The maximum Gasteiger partial charge on any atom is 0.270 e. The first-order valence-corrected chi connectivity index (χ1v) is 7.70. The second-order valence-electron chi connectivity index (χ2n) is 5.38. The molecule has 5 heteroatoms. The van der Waals surface area contributed by atoms with Crippen LogP contribution in [0.15, 0.2) is 66.7 Å². The summed E-state index contributed by atoms with van der Waals surface area (Å²) in [5.74, 6) is 0.187. The zero-order valence-electron chi connectivity index (χ0n) is 13.4. The molecule has 0 aliphatic heterocycles. The van der Waals surface area contributed by atoms with E-state index in [9.17, 15) is 4.79 Å². The fraction of sp³-hybridized carbons (Fsp3) is 0.105. The van der Waals surface area contributed by atoms with Gasteiger partial charge >= 0.3 is 0 Å². The van der Waals surface area contributed by atoms with E-state index in [1.165, 1.54) is 0 Å². The van der Waals surface area contributed by atoms with Crippen molar-refractivity contribution in [1.82, 2.24) is 15.3 Å². The van der Waals surface area contributed by atoms with Crippen LogP contribution in [0.1, 0.15) is 21.7 Å². The monoisotopic (exact) mass is 318 g/mol. The van der Waals surface area contributed by atoms with Crippen LogP contribution in [0.5, 0.6) is 0 Å². The fourth-order valence-corrected chi connectivity index (χ4v) is 2.26. The molecule has 120 valence electrons. The molecular weight excluding hydrogens is 300 g/mol. The lowest BCUT2D eigenvalue weighted by molar-refractivity contribution is 0.0945. The number of hydrogen-bond acceptors (Lipinski definition) is 4. The Labute approximate surface area is 140 Å². The van der Waals surface area contributed by atoms with Crippen LogP contribution < -0.4 is 10.6 Å². The molecule has 5 nitrogen and oxygen atoms in total. The summed E-state index contributed by atoms with van der Waals surface area (Å²) in [5.41, 5.74) is 2.99. The molecule has 0 aliphatic carbocycles. The number of carbonyl (C=O) groups is 1. The highest BCUT2D eigenvalue weighted by atomic mass is 16.1. The van der Waals surface area contributed by atoms with E-state index >= 15 is 0 Å². The molecule has 1 amide bonds. The van der Waals surface area contributed by atoms with Gasteiger partial charge in [-0.3, -0.25) is 4.79 Å². The molecule has 0 bridgehead atoms. The van der Waals surface area contributed by atoms with Crippen molar-refractivity contribution in [2.75, 3.05) is 5.32 Å². The Balaban J connectivity index is 1.72. The molecule has 0 fully saturated rings. The Kier molecular flexibility index (Phi) is 4.81. The van der Waals surface area contributed by atoms with Gasteiger partial charge in [0.15, 0.2) is 0 Å². The minimum Gasteiger partial charge on any atom is -0.347 e. The lowest BCUT2D eigenvalue weighted by Gasteiger charge is -2.09. The average molecular weight is 318 g/mol. The highest BCUT2D eigenvalue weighted by molar-refractivity contribution is 5.92. The minimum atomic E-state index is -0.222. The maximum atomic E-state index is 12.3. The second kappa shape index (κ2) is 7.37. The average Bonchev–Trinajstić information content (AvgIpc) is 2.61. The first-order valence-electron chi connectivity index (χ1n) is 7.70. The topological polar surface area (TPSA) is 66.9 Å². The zero-order chi connectivity index (χ0) is 16.8. The second-order valence-corrected chi connectivity index (χ2v) is 5.38. The van der Waals surface area contributed by atoms with Crippen molar-refractivity contribution in [3.63, 3.8) is 0 Å². The van der Waals surface area contributed by atoms with Gasteiger partial charge in [-0.05, 0) is 30.7 Å². The van der Waals surface area contributed by atoms with E-state index in [4.69, 9.17) is 0 Å². The van der Waals surface area contributed by atoms with E-state index in [1.807, 2.05) is 67.6 Å². The Morgan fingerprint density at radius 2 is 1.62 bits per heavy atom. The standard InChI is InChI=1S/C19H18N4O/c1-14-12-17(18(24)20-13-15-8-4-2-5-9-15)23-19(21-14)22-16-10-6-3-7-11-16/h2-12H,13H2,1H3,(H,20,24)(H,21,22,23). The van der Waals surface area contributed by atoms with Crippen LogP contribution in [0.25, 0.3) is 0 Å². The van der Waals surface area contributed by atoms with Crippen molar-refractivity contribution in [3.8, 4) is 0 Å². The van der Waals surface area contributed by atoms with Crippen molar-refractivity contribution in [1.29, 1.82) is 0 Å². The van der Waals surface area contributed by atoms with Crippen molar-refractivity contribution < 1.29 is 4.79 Å². The molecule has 1 aromatic heterocycles. The van der Waals surface area contributed by atoms with Gasteiger partial charge in [0.25, 0.3) is 5.91 Å². The van der Waals surface area contributed by atoms with Gasteiger partial charge in [-0.1, -0.05) is 48.5 Å². The number of rotatable bonds is 5. The van der Waals surface area contributed by atoms with E-state index in [1.54, 1.807) is 6.07 Å². The van der Waals surface area contributed by atoms with Crippen LogP contribution in [0.2, 0.25) is 0 Å². The number of nitrogens with one attached hydrogen (secondary N) is 2. The largest absolute Gasteiger partial charge is 0.347 e. The predicted octanol–water partition coefficient (Wildman–Crippen LogP) is 3.46. The molecule has 0 unspecified atom stereocenters. The number of benzene rings is 2. The van der Waals surface area contributed by atoms with E-state index in [0.29, 0.717) is 18.2 Å². The molecule has 0 atom stereocenters. The van der Waals surface area contributed by atoms with Gasteiger partial charge < -0.3 is 10.6 Å². The number of carbonyl (C=O) groups excluding carboxylic acids is 1. The van der Waals surface area contributed by atoms with Crippen molar-refractivity contribution in [2.45, 2.75) is 13.5 Å². The third-order valence-electron chi connectivity index (χ3n) is 3.41. The molecule has 0 saturated heterocycles. The summed E-state index contributed by atoms with van der Waals surface area (Å²) in [4.78, 5) is 21.0. The number of aromatic nitrogens is 2. The molecular formula is C19H18N4O. The Morgan fingerprint density at radius 3 is 2.33 bits per heavy atom. The highest BCUT2D eigenvalue weighted by Crippen LogP contribution is 2.13. The third kappa shape index (κ3) is 4.16. The normalized spacial score (nSPS) is 10.2. The summed E-state index contributed by atoms with van der Waals surface area (Å²) in [7, 11) is 0. The molecule has 3 rings (SSSR count). The zero-order valence-corrected chi connectivity index (χ0v) is 13.4. The number of amides is 1. The molecule has 24 heavy (non-hydrogen) atoms. The van der Waals surface area contributed by atoms with E-state index < -0.39 is 0 Å². The maximum absolute atomic E-state index is 12.3. The Bertz CT molecular complexity index is 819. The van der Waals surface area contributed by atoms with Crippen LogP contribution >= 0.6 is 0 Å². The lowest BCUT2D eigenvalue weighted by atomic mass is 10.2. The molecule has 0 spiro atoms. The SMILES string of the molecule is Cc1cc(C(=O)NCc2ccccc2)nc(Nc2ccccc2)n1. The van der Waals surface area contributed by atoms with Crippen LogP contribution in [-0.2, 0) is 6.54 Å². The smallest absolute Gasteiger partial charge is 0.270 e. The first-order chi connectivity index (χ1) is 11.7. The number of para-hydroxylation sites is 1. The van der Waals surface area contributed by atoms with Gasteiger partial charge in [0.05, 0.1) is 0 Å². The number of anilines is 2. The van der Waals surface area contributed by atoms with Crippen molar-refractivity contribution in [2.24, 2.45) is 0 Å². The van der Waals surface area contributed by atoms with Crippen LogP contribution in [-0.4, -0.2) is 15.9 Å². The summed E-state index contributed by atoms with van der Waals surface area (Å²) in [6.07, 6.45) is 0. The first kappa shape index (κ1) is 15.7. The van der Waals surface area contributed by atoms with E-state index in [0.717, 1.165) is 16.9 Å². The van der Waals surface area contributed by atoms with Gasteiger partial charge in [0.1, 0.15) is 5.69 Å². The molecule has 2 aromatic carbocycles. The van der Waals surface area contributed by atoms with Crippen molar-refractivity contribution >= 4 is 17.5 Å². The molecule has 3 aromatic rings. The molecule has 0 radical (unpaired) electrons. The van der Waals surface area contributed by atoms with Gasteiger partial charge in [-0.25, -0.2) is 9.97 Å². The van der Waals surface area contributed by atoms with Gasteiger partial charge in [0, 0.05) is 17.9 Å². The van der Waals surface area contributed by atoms with Gasteiger partial charge in [-0.2, -0.15) is 0 Å². The van der Waals surface area contributed by atoms with Crippen molar-refractivity contribution in [3.05, 3.63) is 83.7 Å². The van der Waals surface area contributed by atoms with Gasteiger partial charge in [0.2, 0.25) is 5.95 Å². The third-order valence-corrected chi connectivity index (χ3v) is 3.41. The summed E-state index contributed by atoms with van der Waals surface area (Å²) < 4.78 is 0. The van der Waals surface area contributed by atoms with Crippen LogP contribution in [0.4, 0.5) is 11.6 Å². The summed E-state index contributed by atoms with van der Waals surface area (Å²) in [6.45, 7) is 2.30. The molecule has 2 N–H and O–H groups in total. The van der Waals surface area contributed by atoms with Crippen LogP contribution in [0.3, 0.4) is 0 Å². The fourth-order valence-electron chi connectivity index (χ4n) is 2.26. The predicted molar refractivity (Wildman–Crippen MR) is 94.1 cm³/mol. The summed E-state index contributed by atoms with van der Waals surface area (Å²) >= 11 is 0. The summed E-state index contributed by atoms with van der Waals surface area (Å²) in [5, 5.41) is 5.99.